The third kappa shape index (κ3) is 4.05. The lowest BCUT2D eigenvalue weighted by molar-refractivity contribution is 0.282. The second kappa shape index (κ2) is 8.49. The Hall–Kier alpha value is -3.44. The Morgan fingerprint density at radius 2 is 1.97 bits per heavy atom. The molecule has 1 saturated carbocycles. The smallest absolute Gasteiger partial charge is 0.258 e. The molecule has 0 amide bonds. The Bertz CT molecular complexity index is 1290. The Kier molecular flexibility index (Phi) is 5.51. The van der Waals surface area contributed by atoms with Crippen LogP contribution in [0.15, 0.2) is 47.7 Å². The summed E-state index contributed by atoms with van der Waals surface area (Å²) in [6, 6.07) is 7.02. The van der Waals surface area contributed by atoms with Gasteiger partial charge in [0.15, 0.2) is 0 Å². The van der Waals surface area contributed by atoms with E-state index in [1.165, 1.54) is 29.0 Å². The summed E-state index contributed by atoms with van der Waals surface area (Å²) in [5.41, 5.74) is 0.928. The third-order valence-electron chi connectivity index (χ3n) is 6.51. The topological polar surface area (TPSA) is 84.0 Å². The van der Waals surface area contributed by atoms with Crippen molar-refractivity contribution in [1.29, 1.82) is 5.26 Å². The lowest BCUT2D eigenvalue weighted by Gasteiger charge is -2.20. The maximum absolute atomic E-state index is 13.9. The van der Waals surface area contributed by atoms with E-state index in [4.69, 9.17) is 21.6 Å². The van der Waals surface area contributed by atoms with Crippen molar-refractivity contribution in [3.8, 4) is 17.5 Å². The molecule has 0 bridgehead atoms. The van der Waals surface area contributed by atoms with Crippen LogP contribution in [-0.2, 0) is 6.42 Å². The summed E-state index contributed by atoms with van der Waals surface area (Å²) in [7, 11) is 0. The van der Waals surface area contributed by atoms with Crippen LogP contribution in [0.5, 0.6) is 5.75 Å². The molecule has 0 spiro atoms. The molecule has 33 heavy (non-hydrogen) atoms. The van der Waals surface area contributed by atoms with Crippen LogP contribution in [0.4, 0.5) is 10.3 Å². The molecule has 1 aliphatic carbocycles. The van der Waals surface area contributed by atoms with E-state index in [0.29, 0.717) is 30.1 Å². The Morgan fingerprint density at radius 1 is 1.24 bits per heavy atom. The minimum absolute atomic E-state index is 0.0871. The fourth-order valence-electron chi connectivity index (χ4n) is 4.49. The second-order valence-electron chi connectivity index (χ2n) is 8.42. The average molecular weight is 466 g/mol. The molecule has 1 saturated heterocycles. The van der Waals surface area contributed by atoms with Gasteiger partial charge in [-0.25, -0.2) is 14.4 Å². The Labute approximate surface area is 195 Å². The molecule has 1 aliphatic heterocycles. The van der Waals surface area contributed by atoms with Crippen molar-refractivity contribution >= 4 is 17.5 Å². The van der Waals surface area contributed by atoms with Crippen LogP contribution in [0.1, 0.15) is 18.1 Å². The van der Waals surface area contributed by atoms with Crippen LogP contribution in [-0.4, -0.2) is 34.2 Å². The van der Waals surface area contributed by atoms with E-state index >= 15 is 0 Å². The molecule has 7 nitrogen and oxygen atoms in total. The standard InChI is InChI=1S/C24H21ClFN5O2/c1-2-14-8-28-24(29-9-14)30-10-17-18(11-30)19(17)13-33-22-6-23(32)31(12-20(22)25)16-4-3-15(7-27)21(26)5-16/h3-6,8-9,12,17-19H,2,10-11,13H2,1H3/t17-,18?,19?/m1/s1. The SMILES string of the molecule is CCc1cnc(N2CC3C(COc4cc(=O)n(-c5ccc(C#N)c(F)c5)cc4Cl)[C@@H]3C2)nc1. The maximum atomic E-state index is 13.9. The zero-order chi connectivity index (χ0) is 23.1. The minimum atomic E-state index is -0.695. The molecule has 3 heterocycles. The van der Waals surface area contributed by atoms with Crippen LogP contribution in [0, 0.1) is 34.9 Å². The number of rotatable bonds is 6. The number of nitrogens with zero attached hydrogens (tertiary/aromatic N) is 5. The number of ether oxygens (including phenoxy) is 1. The van der Waals surface area contributed by atoms with E-state index in [0.717, 1.165) is 37.1 Å². The lowest BCUT2D eigenvalue weighted by atomic mass is 10.2. The molecule has 3 aromatic rings. The largest absolute Gasteiger partial charge is 0.491 e. The van der Waals surface area contributed by atoms with E-state index in [1.807, 2.05) is 12.4 Å². The number of hydrogen-bond donors (Lipinski definition) is 0. The summed E-state index contributed by atoms with van der Waals surface area (Å²) < 4.78 is 21.1. The molecular formula is C24H21ClFN5O2. The van der Waals surface area contributed by atoms with Gasteiger partial charge in [0.05, 0.1) is 22.9 Å². The number of anilines is 1. The third-order valence-corrected chi connectivity index (χ3v) is 6.79. The minimum Gasteiger partial charge on any atom is -0.491 e. The summed E-state index contributed by atoms with van der Waals surface area (Å²) in [6.07, 6.45) is 6.09. The predicted molar refractivity (Wildman–Crippen MR) is 121 cm³/mol. The van der Waals surface area contributed by atoms with Gasteiger partial charge >= 0.3 is 0 Å². The second-order valence-corrected chi connectivity index (χ2v) is 8.83. The molecule has 3 atom stereocenters. The number of nitriles is 1. The van der Waals surface area contributed by atoms with Gasteiger partial charge in [-0.15, -0.1) is 0 Å². The van der Waals surface area contributed by atoms with Crippen molar-refractivity contribution in [2.75, 3.05) is 24.6 Å². The van der Waals surface area contributed by atoms with Crippen LogP contribution in [0.2, 0.25) is 5.02 Å². The van der Waals surface area contributed by atoms with Crippen molar-refractivity contribution in [2.45, 2.75) is 13.3 Å². The van der Waals surface area contributed by atoms with Gasteiger partial charge in [0.1, 0.15) is 17.6 Å². The summed E-state index contributed by atoms with van der Waals surface area (Å²) in [5.74, 6) is 1.82. The number of halogens is 2. The monoisotopic (exact) mass is 465 g/mol. The Balaban J connectivity index is 1.21. The van der Waals surface area contributed by atoms with Crippen LogP contribution in [0.3, 0.4) is 0 Å². The first-order valence-corrected chi connectivity index (χ1v) is 11.2. The molecule has 168 valence electrons. The molecule has 2 aliphatic rings. The van der Waals surface area contributed by atoms with Gasteiger partial charge in [-0.3, -0.25) is 9.36 Å². The van der Waals surface area contributed by atoms with E-state index in [-0.39, 0.29) is 16.3 Å². The highest BCUT2D eigenvalue weighted by atomic mass is 35.5. The summed E-state index contributed by atoms with van der Waals surface area (Å²) in [4.78, 5) is 23.7. The quantitative estimate of drug-likeness (QED) is 0.553. The van der Waals surface area contributed by atoms with E-state index in [2.05, 4.69) is 21.8 Å². The molecule has 9 heteroatoms. The van der Waals surface area contributed by atoms with Crippen molar-refractivity contribution < 1.29 is 9.13 Å². The van der Waals surface area contributed by atoms with E-state index < -0.39 is 11.4 Å². The summed E-state index contributed by atoms with van der Waals surface area (Å²) in [6.45, 7) is 4.34. The highest BCUT2D eigenvalue weighted by Crippen LogP contribution is 2.52. The zero-order valence-electron chi connectivity index (χ0n) is 17.9. The maximum Gasteiger partial charge on any atom is 0.258 e. The molecular weight excluding hydrogens is 445 g/mol. The van der Waals surface area contributed by atoms with Crippen LogP contribution >= 0.6 is 11.6 Å². The van der Waals surface area contributed by atoms with Crippen LogP contribution in [0.25, 0.3) is 5.69 Å². The van der Waals surface area contributed by atoms with Crippen molar-refractivity contribution in [2.24, 2.45) is 17.8 Å². The van der Waals surface area contributed by atoms with Gasteiger partial charge in [-0.05, 0) is 42.0 Å². The van der Waals surface area contributed by atoms with Gasteiger partial charge < -0.3 is 9.64 Å². The molecule has 5 rings (SSSR count). The molecule has 0 N–H and O–H groups in total. The molecule has 2 aromatic heterocycles. The number of aromatic nitrogens is 3. The molecule has 0 radical (unpaired) electrons. The van der Waals surface area contributed by atoms with Crippen molar-refractivity contribution in [3.05, 3.63) is 75.2 Å². The highest BCUT2D eigenvalue weighted by molar-refractivity contribution is 6.31. The predicted octanol–water partition coefficient (Wildman–Crippen LogP) is 3.62. The first-order valence-electron chi connectivity index (χ1n) is 10.8. The number of aryl methyl sites for hydroxylation is 1. The summed E-state index contributed by atoms with van der Waals surface area (Å²) in [5, 5.41) is 9.13. The summed E-state index contributed by atoms with van der Waals surface area (Å²) >= 11 is 6.35. The normalized spacial score (nSPS) is 20.9. The first kappa shape index (κ1) is 21.4. The van der Waals surface area contributed by atoms with Crippen molar-refractivity contribution in [3.63, 3.8) is 0 Å². The van der Waals surface area contributed by atoms with Crippen molar-refractivity contribution in [1.82, 2.24) is 14.5 Å². The van der Waals surface area contributed by atoms with E-state index in [9.17, 15) is 9.18 Å². The van der Waals surface area contributed by atoms with Gasteiger partial charge in [-0.2, -0.15) is 5.26 Å². The van der Waals surface area contributed by atoms with Crippen LogP contribution < -0.4 is 15.2 Å². The van der Waals surface area contributed by atoms with Gasteiger partial charge in [0.2, 0.25) is 5.95 Å². The Morgan fingerprint density at radius 3 is 2.61 bits per heavy atom. The molecule has 1 aromatic carbocycles. The number of benzene rings is 1. The number of fused-ring (bicyclic) bond motifs is 1. The lowest BCUT2D eigenvalue weighted by Crippen LogP contribution is -2.27. The number of pyridine rings is 1. The van der Waals surface area contributed by atoms with Gasteiger partial charge in [0.25, 0.3) is 5.56 Å². The van der Waals surface area contributed by atoms with E-state index in [1.54, 1.807) is 6.07 Å². The number of piperidine rings is 1. The molecule has 2 unspecified atom stereocenters. The zero-order valence-corrected chi connectivity index (χ0v) is 18.7. The average Bonchev–Trinajstić information content (AvgIpc) is 3.27. The first-order chi connectivity index (χ1) is 16.0. The van der Waals surface area contributed by atoms with Gasteiger partial charge in [0, 0.05) is 43.7 Å². The fraction of sp³-hybridized carbons (Fsp3) is 0.333. The molecule has 2 fully saturated rings. The number of hydrogen-bond acceptors (Lipinski definition) is 6. The van der Waals surface area contributed by atoms with Gasteiger partial charge in [-0.1, -0.05) is 18.5 Å². The highest BCUT2D eigenvalue weighted by Gasteiger charge is 2.56. The fourth-order valence-corrected chi connectivity index (χ4v) is 4.69.